The highest BCUT2D eigenvalue weighted by molar-refractivity contribution is 6.34. The van der Waals surface area contributed by atoms with Crippen molar-refractivity contribution in [2.24, 2.45) is 0 Å². The van der Waals surface area contributed by atoms with E-state index in [0.717, 1.165) is 17.8 Å². The van der Waals surface area contributed by atoms with E-state index in [1.807, 2.05) is 25.2 Å². The highest BCUT2D eigenvalue weighted by Gasteiger charge is 2.07. The lowest BCUT2D eigenvalue weighted by atomic mass is 10.2. The molecule has 0 saturated heterocycles. The Bertz CT molecular complexity index is 517. The van der Waals surface area contributed by atoms with Crippen molar-refractivity contribution in [3.05, 3.63) is 58.1 Å². The van der Waals surface area contributed by atoms with Crippen LogP contribution in [0.5, 0.6) is 0 Å². The molecule has 2 aromatic heterocycles. The van der Waals surface area contributed by atoms with E-state index in [9.17, 15) is 0 Å². The summed E-state index contributed by atoms with van der Waals surface area (Å²) in [5.74, 6) is 0. The van der Waals surface area contributed by atoms with Gasteiger partial charge >= 0.3 is 0 Å². The number of hydrogen-bond donors (Lipinski definition) is 0. The second-order valence-corrected chi connectivity index (χ2v) is 4.89. The number of hydrogen-bond acceptors (Lipinski definition) is 3. The molecule has 0 amide bonds. The van der Waals surface area contributed by atoms with Crippen LogP contribution in [0.3, 0.4) is 0 Å². The zero-order chi connectivity index (χ0) is 13.0. The Morgan fingerprint density at radius 3 is 2.67 bits per heavy atom. The molecule has 0 atom stereocenters. The second-order valence-electron chi connectivity index (χ2n) is 4.09. The van der Waals surface area contributed by atoms with Gasteiger partial charge in [-0.3, -0.25) is 9.88 Å². The number of rotatable bonds is 4. The van der Waals surface area contributed by atoms with Gasteiger partial charge in [-0.25, -0.2) is 4.98 Å². The van der Waals surface area contributed by atoms with Gasteiger partial charge < -0.3 is 0 Å². The van der Waals surface area contributed by atoms with E-state index >= 15 is 0 Å². The van der Waals surface area contributed by atoms with E-state index < -0.39 is 0 Å². The highest BCUT2D eigenvalue weighted by atomic mass is 35.5. The van der Waals surface area contributed by atoms with Crippen LogP contribution >= 0.6 is 23.2 Å². The first-order valence-electron chi connectivity index (χ1n) is 5.53. The van der Waals surface area contributed by atoms with E-state index in [0.29, 0.717) is 16.7 Å². The van der Waals surface area contributed by atoms with Gasteiger partial charge in [0.05, 0.1) is 5.69 Å². The number of pyridine rings is 2. The minimum Gasteiger partial charge on any atom is -0.296 e. The molecule has 0 radical (unpaired) electrons. The first-order valence-corrected chi connectivity index (χ1v) is 6.29. The molecule has 0 N–H and O–H groups in total. The van der Waals surface area contributed by atoms with Crippen LogP contribution in [0.25, 0.3) is 0 Å². The zero-order valence-corrected chi connectivity index (χ0v) is 11.5. The molecule has 2 rings (SSSR count). The van der Waals surface area contributed by atoms with Gasteiger partial charge in [0.15, 0.2) is 0 Å². The summed E-state index contributed by atoms with van der Waals surface area (Å²) in [6, 6.07) is 7.54. The number of nitrogens with zero attached hydrogens (tertiary/aromatic N) is 3. The molecule has 5 heteroatoms. The molecule has 2 aromatic rings. The smallest absolute Gasteiger partial charge is 0.130 e. The van der Waals surface area contributed by atoms with Gasteiger partial charge in [-0.15, -0.1) is 0 Å². The molecule has 0 spiro atoms. The van der Waals surface area contributed by atoms with Crippen LogP contribution in [0, 0.1) is 0 Å². The predicted molar refractivity (Wildman–Crippen MR) is 73.7 cm³/mol. The van der Waals surface area contributed by atoms with Crippen LogP contribution in [-0.4, -0.2) is 21.9 Å². The van der Waals surface area contributed by atoms with Crippen LogP contribution in [0.4, 0.5) is 0 Å². The minimum atomic E-state index is 0.413. The number of halogens is 2. The van der Waals surface area contributed by atoms with Gasteiger partial charge in [-0.05, 0) is 25.2 Å². The Kier molecular flexibility index (Phi) is 4.53. The predicted octanol–water partition coefficient (Wildman–Crippen LogP) is 3.42. The van der Waals surface area contributed by atoms with Crippen LogP contribution in [0.15, 0.2) is 36.7 Å². The van der Waals surface area contributed by atoms with Crippen molar-refractivity contribution in [1.82, 2.24) is 14.9 Å². The molecule has 3 nitrogen and oxygen atoms in total. The normalized spacial score (nSPS) is 10.9. The fourth-order valence-corrected chi connectivity index (χ4v) is 2.09. The van der Waals surface area contributed by atoms with Crippen molar-refractivity contribution in [3.8, 4) is 0 Å². The summed E-state index contributed by atoms with van der Waals surface area (Å²) in [4.78, 5) is 10.4. The molecule has 0 fully saturated rings. The van der Waals surface area contributed by atoms with Gasteiger partial charge in [0.1, 0.15) is 5.15 Å². The molecule has 0 bridgehead atoms. The fraction of sp³-hybridized carbons (Fsp3) is 0.231. The van der Waals surface area contributed by atoms with Crippen molar-refractivity contribution in [2.75, 3.05) is 7.05 Å². The lowest BCUT2D eigenvalue weighted by molar-refractivity contribution is 0.315. The number of aromatic nitrogens is 2. The van der Waals surface area contributed by atoms with Gasteiger partial charge in [0.25, 0.3) is 0 Å². The summed E-state index contributed by atoms with van der Waals surface area (Å²) in [6.07, 6.45) is 3.50. The lowest BCUT2D eigenvalue weighted by Crippen LogP contribution is -2.18. The molecule has 0 saturated carbocycles. The fourth-order valence-electron chi connectivity index (χ4n) is 1.67. The maximum absolute atomic E-state index is 6.11. The van der Waals surface area contributed by atoms with Crippen LogP contribution < -0.4 is 0 Å². The maximum atomic E-state index is 6.11. The van der Waals surface area contributed by atoms with E-state index in [-0.39, 0.29) is 0 Å². The molecule has 94 valence electrons. The molecular weight excluding hydrogens is 269 g/mol. The van der Waals surface area contributed by atoms with Crippen molar-refractivity contribution in [1.29, 1.82) is 0 Å². The highest BCUT2D eigenvalue weighted by Crippen LogP contribution is 2.20. The van der Waals surface area contributed by atoms with E-state index in [1.165, 1.54) is 0 Å². The van der Waals surface area contributed by atoms with Gasteiger partial charge in [-0.2, -0.15) is 0 Å². The van der Waals surface area contributed by atoms with Crippen LogP contribution in [0.2, 0.25) is 10.2 Å². The summed E-state index contributed by atoms with van der Waals surface area (Å²) in [5.41, 5.74) is 1.98. The zero-order valence-electron chi connectivity index (χ0n) is 9.98. The largest absolute Gasteiger partial charge is 0.296 e. The molecule has 2 heterocycles. The van der Waals surface area contributed by atoms with Crippen LogP contribution in [0.1, 0.15) is 11.3 Å². The maximum Gasteiger partial charge on any atom is 0.130 e. The minimum absolute atomic E-state index is 0.413. The molecule has 0 aromatic carbocycles. The van der Waals surface area contributed by atoms with Gasteiger partial charge in [0, 0.05) is 36.1 Å². The SMILES string of the molecule is CN(Cc1ccccn1)Cc1cnc(Cl)cc1Cl. The molecular formula is C13H13Cl2N3. The van der Waals surface area contributed by atoms with Crippen molar-refractivity contribution in [3.63, 3.8) is 0 Å². The third-order valence-corrected chi connectivity index (χ3v) is 3.05. The Morgan fingerprint density at radius 1 is 1.17 bits per heavy atom. The Morgan fingerprint density at radius 2 is 2.00 bits per heavy atom. The average molecular weight is 282 g/mol. The Labute approximate surface area is 116 Å². The third-order valence-electron chi connectivity index (χ3n) is 2.49. The van der Waals surface area contributed by atoms with E-state index in [2.05, 4.69) is 14.9 Å². The summed E-state index contributed by atoms with van der Waals surface area (Å²) < 4.78 is 0. The quantitative estimate of drug-likeness (QED) is 0.805. The molecule has 18 heavy (non-hydrogen) atoms. The van der Waals surface area contributed by atoms with Crippen molar-refractivity contribution >= 4 is 23.2 Å². The van der Waals surface area contributed by atoms with Gasteiger partial charge in [0.2, 0.25) is 0 Å². The first kappa shape index (κ1) is 13.3. The summed E-state index contributed by atoms with van der Waals surface area (Å²) in [5, 5.41) is 1.05. The summed E-state index contributed by atoms with van der Waals surface area (Å²) in [6.45, 7) is 1.47. The Balaban J connectivity index is 2.01. The monoisotopic (exact) mass is 281 g/mol. The second kappa shape index (κ2) is 6.14. The third kappa shape index (κ3) is 3.67. The van der Waals surface area contributed by atoms with E-state index in [4.69, 9.17) is 23.2 Å². The lowest BCUT2D eigenvalue weighted by Gasteiger charge is -2.16. The summed E-state index contributed by atoms with van der Waals surface area (Å²) in [7, 11) is 2.01. The van der Waals surface area contributed by atoms with Gasteiger partial charge in [-0.1, -0.05) is 29.3 Å². The summed E-state index contributed by atoms with van der Waals surface area (Å²) >= 11 is 11.9. The molecule has 0 aliphatic heterocycles. The van der Waals surface area contributed by atoms with Crippen molar-refractivity contribution < 1.29 is 0 Å². The van der Waals surface area contributed by atoms with Crippen LogP contribution in [-0.2, 0) is 13.1 Å². The average Bonchev–Trinajstić information content (AvgIpc) is 2.34. The van der Waals surface area contributed by atoms with E-state index in [1.54, 1.807) is 18.5 Å². The first-order chi connectivity index (χ1) is 8.65. The molecule has 0 unspecified atom stereocenters. The molecule has 0 aliphatic carbocycles. The van der Waals surface area contributed by atoms with Crippen molar-refractivity contribution in [2.45, 2.75) is 13.1 Å². The molecule has 0 aliphatic rings. The Hall–Kier alpha value is -1.16. The topological polar surface area (TPSA) is 29.0 Å². The standard InChI is InChI=1S/C13H13Cl2N3/c1-18(9-11-4-2-3-5-16-11)8-10-7-17-13(15)6-12(10)14/h2-7H,8-9H2,1H3.